The van der Waals surface area contributed by atoms with Crippen molar-refractivity contribution in [1.82, 2.24) is 5.32 Å². The topological polar surface area (TPSA) is 56.8 Å². The summed E-state index contributed by atoms with van der Waals surface area (Å²) in [7, 11) is 5.01. The lowest BCUT2D eigenvalue weighted by molar-refractivity contribution is -0.144. The van der Waals surface area contributed by atoms with E-state index in [1.807, 2.05) is 25.1 Å². The van der Waals surface area contributed by atoms with E-state index in [1.54, 1.807) is 28.2 Å². The van der Waals surface area contributed by atoms with E-state index in [0.29, 0.717) is 18.1 Å². The molecule has 0 aliphatic carbocycles. The number of hydrogen-bond acceptors (Lipinski definition) is 5. The van der Waals surface area contributed by atoms with Crippen molar-refractivity contribution < 1.29 is 19.0 Å². The van der Waals surface area contributed by atoms with Gasteiger partial charge in [0.2, 0.25) is 0 Å². The molecule has 0 aliphatic heterocycles. The van der Waals surface area contributed by atoms with Crippen LogP contribution in [0, 0.1) is 0 Å². The molecule has 1 atom stereocenters. The molecule has 20 heavy (non-hydrogen) atoms. The highest BCUT2D eigenvalue weighted by Crippen LogP contribution is 2.35. The van der Waals surface area contributed by atoms with Gasteiger partial charge in [-0.1, -0.05) is 0 Å². The summed E-state index contributed by atoms with van der Waals surface area (Å²) in [5.74, 6) is 1.16. The van der Waals surface area contributed by atoms with Crippen LogP contribution in [0.2, 0.25) is 0 Å². The summed E-state index contributed by atoms with van der Waals surface area (Å²) < 4.78 is 15.7. The first-order valence-electron chi connectivity index (χ1n) is 6.57. The molecular weight excluding hydrogens is 258 g/mol. The Kier molecular flexibility index (Phi) is 5.82. The molecule has 112 valence electrons. The molecule has 1 aromatic rings. The number of esters is 1. The van der Waals surface area contributed by atoms with Gasteiger partial charge in [-0.05, 0) is 39.1 Å². The highest BCUT2D eigenvalue weighted by atomic mass is 16.5. The molecule has 0 fully saturated rings. The molecule has 0 radical (unpaired) electrons. The fourth-order valence-corrected chi connectivity index (χ4v) is 2.06. The minimum absolute atomic E-state index is 0.209. The number of carbonyl (C=O) groups excluding carboxylic acids is 1. The second kappa shape index (κ2) is 7.14. The van der Waals surface area contributed by atoms with E-state index < -0.39 is 5.54 Å². The van der Waals surface area contributed by atoms with Crippen molar-refractivity contribution in [3.63, 3.8) is 0 Å². The third-order valence-corrected chi connectivity index (χ3v) is 3.36. The molecular formula is C15H23NO4. The fraction of sp³-hybridized carbons (Fsp3) is 0.533. The maximum absolute atomic E-state index is 11.8. The molecule has 0 amide bonds. The van der Waals surface area contributed by atoms with Crippen molar-refractivity contribution in [2.75, 3.05) is 27.9 Å². The van der Waals surface area contributed by atoms with Gasteiger partial charge >= 0.3 is 5.97 Å². The molecule has 1 unspecified atom stereocenters. The van der Waals surface area contributed by atoms with Crippen LogP contribution in [0.4, 0.5) is 0 Å². The molecule has 0 heterocycles. The van der Waals surface area contributed by atoms with E-state index in [0.717, 1.165) is 5.56 Å². The van der Waals surface area contributed by atoms with Gasteiger partial charge < -0.3 is 19.5 Å². The Balaban J connectivity index is 3.17. The lowest BCUT2D eigenvalue weighted by atomic mass is 9.87. The summed E-state index contributed by atoms with van der Waals surface area (Å²) in [6.07, 6.45) is 0.209. The number of benzene rings is 1. The molecule has 1 rings (SSSR count). The van der Waals surface area contributed by atoms with Gasteiger partial charge in [0.15, 0.2) is 0 Å². The van der Waals surface area contributed by atoms with Crippen molar-refractivity contribution in [2.24, 2.45) is 0 Å². The van der Waals surface area contributed by atoms with E-state index in [2.05, 4.69) is 5.32 Å². The minimum Gasteiger partial charge on any atom is -0.497 e. The van der Waals surface area contributed by atoms with Crippen molar-refractivity contribution in [2.45, 2.75) is 25.8 Å². The monoisotopic (exact) mass is 281 g/mol. The zero-order valence-corrected chi connectivity index (χ0v) is 12.8. The van der Waals surface area contributed by atoms with Crippen molar-refractivity contribution in [3.8, 4) is 11.5 Å². The van der Waals surface area contributed by atoms with Gasteiger partial charge in [-0.15, -0.1) is 0 Å². The molecule has 1 aromatic carbocycles. The highest BCUT2D eigenvalue weighted by molar-refractivity contribution is 5.71. The summed E-state index contributed by atoms with van der Waals surface area (Å²) in [6, 6.07) is 5.52. The third kappa shape index (κ3) is 3.63. The summed E-state index contributed by atoms with van der Waals surface area (Å²) >= 11 is 0. The molecule has 0 saturated carbocycles. The van der Waals surface area contributed by atoms with Crippen LogP contribution in [-0.2, 0) is 15.1 Å². The van der Waals surface area contributed by atoms with Gasteiger partial charge in [0, 0.05) is 5.56 Å². The largest absolute Gasteiger partial charge is 0.497 e. The Labute approximate surface area is 120 Å². The van der Waals surface area contributed by atoms with E-state index in [1.165, 1.54) is 0 Å². The fourth-order valence-electron chi connectivity index (χ4n) is 2.06. The van der Waals surface area contributed by atoms with Crippen molar-refractivity contribution in [3.05, 3.63) is 23.8 Å². The maximum atomic E-state index is 11.8. The summed E-state index contributed by atoms with van der Waals surface area (Å²) in [4.78, 5) is 11.8. The number of rotatable bonds is 7. The van der Waals surface area contributed by atoms with E-state index >= 15 is 0 Å². The predicted molar refractivity (Wildman–Crippen MR) is 77.2 cm³/mol. The molecule has 0 spiro atoms. The van der Waals surface area contributed by atoms with Crippen LogP contribution in [0.15, 0.2) is 18.2 Å². The minimum atomic E-state index is -0.591. The van der Waals surface area contributed by atoms with Crippen molar-refractivity contribution in [1.29, 1.82) is 0 Å². The Morgan fingerprint density at radius 3 is 2.50 bits per heavy atom. The smallest absolute Gasteiger partial charge is 0.307 e. The lowest BCUT2D eigenvalue weighted by Gasteiger charge is -2.30. The van der Waals surface area contributed by atoms with Gasteiger partial charge in [0.1, 0.15) is 11.5 Å². The van der Waals surface area contributed by atoms with Crippen LogP contribution in [-0.4, -0.2) is 33.8 Å². The van der Waals surface area contributed by atoms with Crippen LogP contribution in [0.5, 0.6) is 11.5 Å². The third-order valence-electron chi connectivity index (χ3n) is 3.36. The van der Waals surface area contributed by atoms with Gasteiger partial charge in [0.05, 0.1) is 32.8 Å². The summed E-state index contributed by atoms with van der Waals surface area (Å²) in [5.41, 5.74) is 0.265. The van der Waals surface area contributed by atoms with E-state index in [-0.39, 0.29) is 12.4 Å². The number of ether oxygens (including phenoxy) is 3. The van der Waals surface area contributed by atoms with Gasteiger partial charge in [0.25, 0.3) is 0 Å². The number of carbonyl (C=O) groups is 1. The van der Waals surface area contributed by atoms with Crippen LogP contribution < -0.4 is 14.8 Å². The first-order chi connectivity index (χ1) is 9.50. The molecule has 5 nitrogen and oxygen atoms in total. The number of methoxy groups -OCH3 is 2. The van der Waals surface area contributed by atoms with Gasteiger partial charge in [-0.3, -0.25) is 4.79 Å². The normalized spacial score (nSPS) is 13.4. The zero-order chi connectivity index (χ0) is 15.2. The first kappa shape index (κ1) is 16.3. The average Bonchev–Trinajstić information content (AvgIpc) is 2.46. The van der Waals surface area contributed by atoms with Crippen LogP contribution >= 0.6 is 0 Å². The molecule has 5 heteroatoms. The lowest BCUT2D eigenvalue weighted by Crippen LogP contribution is -2.39. The maximum Gasteiger partial charge on any atom is 0.307 e. The SMILES string of the molecule is CCOC(=O)CC(C)(NC)c1cc(OC)ccc1OC. The number of nitrogens with one attached hydrogen (secondary N) is 1. The van der Waals surface area contributed by atoms with E-state index in [9.17, 15) is 4.79 Å². The molecule has 0 aliphatic rings. The standard InChI is InChI=1S/C15H23NO4/c1-6-20-14(17)10-15(2,16-3)12-9-11(18-4)7-8-13(12)19-5/h7-9,16H,6,10H2,1-5H3. The average molecular weight is 281 g/mol. The second-order valence-electron chi connectivity index (χ2n) is 4.63. The van der Waals surface area contributed by atoms with E-state index in [4.69, 9.17) is 14.2 Å². The van der Waals surface area contributed by atoms with Crippen LogP contribution in [0.1, 0.15) is 25.8 Å². The number of hydrogen-bond donors (Lipinski definition) is 1. The van der Waals surface area contributed by atoms with Gasteiger partial charge in [-0.25, -0.2) is 0 Å². The molecule has 1 N–H and O–H groups in total. The second-order valence-corrected chi connectivity index (χ2v) is 4.63. The van der Waals surface area contributed by atoms with Crippen LogP contribution in [0.25, 0.3) is 0 Å². The quantitative estimate of drug-likeness (QED) is 0.776. The van der Waals surface area contributed by atoms with Gasteiger partial charge in [-0.2, -0.15) is 0 Å². The van der Waals surface area contributed by atoms with Crippen molar-refractivity contribution >= 4 is 5.97 Å². The summed E-state index contributed by atoms with van der Waals surface area (Å²) in [6.45, 7) is 4.09. The van der Waals surface area contributed by atoms with Crippen LogP contribution in [0.3, 0.4) is 0 Å². The predicted octanol–water partition coefficient (Wildman–Crippen LogP) is 2.09. The highest BCUT2D eigenvalue weighted by Gasteiger charge is 2.32. The Morgan fingerprint density at radius 1 is 1.30 bits per heavy atom. The first-order valence-corrected chi connectivity index (χ1v) is 6.57. The molecule has 0 saturated heterocycles. The molecule has 0 bridgehead atoms. The Bertz CT molecular complexity index is 461. The Morgan fingerprint density at radius 2 is 2.00 bits per heavy atom. The zero-order valence-electron chi connectivity index (χ0n) is 12.8. The molecule has 0 aromatic heterocycles. The summed E-state index contributed by atoms with van der Waals surface area (Å²) in [5, 5.41) is 3.17. The Hall–Kier alpha value is -1.75.